The number of H-pyrrole nitrogens is 1. The smallest absolute Gasteiger partial charge is 0.220 e. The third-order valence-corrected chi connectivity index (χ3v) is 2.74. The second kappa shape index (κ2) is 3.62. The predicted octanol–water partition coefficient (Wildman–Crippen LogP) is -0.101. The third kappa shape index (κ3) is 1.61. The summed E-state index contributed by atoms with van der Waals surface area (Å²) in [6.07, 6.45) is 1.44. The number of hydrogen-bond acceptors (Lipinski definition) is 4. The van der Waals surface area contributed by atoms with E-state index in [2.05, 4.69) is 15.2 Å². The van der Waals surface area contributed by atoms with Crippen LogP contribution in [0, 0.1) is 0 Å². The van der Waals surface area contributed by atoms with Crippen LogP contribution in [0.1, 0.15) is 19.7 Å². The van der Waals surface area contributed by atoms with Gasteiger partial charge in [0.2, 0.25) is 5.91 Å². The topological polar surface area (TPSA) is 71.1 Å². The molecular weight excluding hydrogens is 196 g/mol. The van der Waals surface area contributed by atoms with Gasteiger partial charge in [0.25, 0.3) is 0 Å². The van der Waals surface area contributed by atoms with Crippen molar-refractivity contribution in [2.24, 2.45) is 0 Å². The number of morpholine rings is 1. The monoisotopic (exact) mass is 210 g/mol. The Morgan fingerprint density at radius 3 is 3.13 bits per heavy atom. The highest BCUT2D eigenvalue weighted by atomic mass is 16.5. The maximum absolute atomic E-state index is 11.5. The van der Waals surface area contributed by atoms with Gasteiger partial charge in [-0.1, -0.05) is 0 Å². The Hall–Kier alpha value is -1.43. The van der Waals surface area contributed by atoms with Crippen LogP contribution in [0.2, 0.25) is 0 Å². The summed E-state index contributed by atoms with van der Waals surface area (Å²) in [6.45, 7) is 5.09. The van der Waals surface area contributed by atoms with Gasteiger partial charge in [-0.2, -0.15) is 5.10 Å². The van der Waals surface area contributed by atoms with E-state index in [0.29, 0.717) is 25.6 Å². The number of aromatic nitrogens is 3. The van der Waals surface area contributed by atoms with Crippen LogP contribution in [0.5, 0.6) is 0 Å². The molecule has 1 aromatic heterocycles. The fourth-order valence-corrected chi connectivity index (χ4v) is 1.92. The number of rotatable bonds is 1. The first-order valence-electron chi connectivity index (χ1n) is 4.86. The Balaban J connectivity index is 2.34. The van der Waals surface area contributed by atoms with E-state index in [-0.39, 0.29) is 5.91 Å². The summed E-state index contributed by atoms with van der Waals surface area (Å²) in [5.74, 6) is 0.689. The largest absolute Gasteiger partial charge is 0.377 e. The minimum atomic E-state index is -0.527. The molecule has 0 aliphatic carbocycles. The van der Waals surface area contributed by atoms with Crippen LogP contribution in [-0.4, -0.2) is 45.7 Å². The number of carbonyl (C=O) groups excluding carboxylic acids is 1. The molecule has 1 aromatic rings. The van der Waals surface area contributed by atoms with Gasteiger partial charge >= 0.3 is 0 Å². The molecule has 0 spiro atoms. The summed E-state index contributed by atoms with van der Waals surface area (Å²) in [6, 6.07) is 0. The molecule has 0 radical (unpaired) electrons. The van der Waals surface area contributed by atoms with Crippen molar-refractivity contribution in [3.05, 3.63) is 12.2 Å². The summed E-state index contributed by atoms with van der Waals surface area (Å²) in [5, 5.41) is 6.60. The van der Waals surface area contributed by atoms with E-state index in [0.717, 1.165) is 0 Å². The summed E-state index contributed by atoms with van der Waals surface area (Å²) in [7, 11) is 0. The first-order chi connectivity index (χ1) is 7.14. The Morgan fingerprint density at radius 2 is 2.53 bits per heavy atom. The van der Waals surface area contributed by atoms with Gasteiger partial charge in [-0.05, 0) is 6.92 Å². The molecule has 1 saturated heterocycles. The van der Waals surface area contributed by atoms with Crippen molar-refractivity contribution < 1.29 is 9.53 Å². The van der Waals surface area contributed by atoms with Gasteiger partial charge in [-0.25, -0.2) is 4.98 Å². The van der Waals surface area contributed by atoms with Gasteiger partial charge in [-0.3, -0.25) is 9.89 Å². The molecule has 2 rings (SSSR count). The fraction of sp³-hybridized carbons (Fsp3) is 0.667. The minimum Gasteiger partial charge on any atom is -0.377 e. The van der Waals surface area contributed by atoms with Crippen LogP contribution in [0.4, 0.5) is 0 Å². The van der Waals surface area contributed by atoms with E-state index < -0.39 is 5.54 Å². The first kappa shape index (κ1) is 10.1. The van der Waals surface area contributed by atoms with Gasteiger partial charge in [0.15, 0.2) is 5.82 Å². The van der Waals surface area contributed by atoms with Crippen LogP contribution in [0.15, 0.2) is 6.33 Å². The van der Waals surface area contributed by atoms with E-state index in [1.165, 1.54) is 6.33 Å². The van der Waals surface area contributed by atoms with Crippen molar-refractivity contribution >= 4 is 5.91 Å². The molecule has 0 saturated carbocycles. The molecule has 6 nitrogen and oxygen atoms in total. The van der Waals surface area contributed by atoms with Crippen LogP contribution in [0.25, 0.3) is 0 Å². The predicted molar refractivity (Wildman–Crippen MR) is 51.9 cm³/mol. The molecular formula is C9H14N4O2. The molecule has 0 bridgehead atoms. The van der Waals surface area contributed by atoms with E-state index in [4.69, 9.17) is 4.74 Å². The SMILES string of the molecule is CC(=O)N1CCOCC1(C)c1ncn[nH]1. The van der Waals surface area contributed by atoms with Crippen molar-refractivity contribution in [3.8, 4) is 0 Å². The van der Waals surface area contributed by atoms with Crippen LogP contribution >= 0.6 is 0 Å². The lowest BCUT2D eigenvalue weighted by Crippen LogP contribution is -2.55. The molecule has 1 aliphatic heterocycles. The Labute approximate surface area is 87.6 Å². The number of amides is 1. The quantitative estimate of drug-likeness (QED) is 0.702. The lowest BCUT2D eigenvalue weighted by atomic mass is 9.98. The second-order valence-electron chi connectivity index (χ2n) is 3.83. The Kier molecular flexibility index (Phi) is 2.44. The van der Waals surface area contributed by atoms with Crippen molar-refractivity contribution in [1.82, 2.24) is 20.1 Å². The van der Waals surface area contributed by atoms with Gasteiger partial charge < -0.3 is 9.64 Å². The fourth-order valence-electron chi connectivity index (χ4n) is 1.92. The average Bonchev–Trinajstić information content (AvgIpc) is 2.71. The molecule has 6 heteroatoms. The average molecular weight is 210 g/mol. The molecule has 1 N–H and O–H groups in total. The maximum atomic E-state index is 11.5. The summed E-state index contributed by atoms with van der Waals surface area (Å²) in [5.41, 5.74) is -0.527. The van der Waals surface area contributed by atoms with Crippen LogP contribution in [-0.2, 0) is 15.1 Å². The Bertz CT molecular complexity index is 351. The van der Waals surface area contributed by atoms with Crippen LogP contribution < -0.4 is 0 Å². The highest BCUT2D eigenvalue weighted by Gasteiger charge is 2.40. The van der Waals surface area contributed by atoms with E-state index in [9.17, 15) is 4.79 Å². The zero-order valence-electron chi connectivity index (χ0n) is 8.86. The van der Waals surface area contributed by atoms with Gasteiger partial charge in [-0.15, -0.1) is 0 Å². The van der Waals surface area contributed by atoms with Crippen LogP contribution in [0.3, 0.4) is 0 Å². The van der Waals surface area contributed by atoms with Crippen molar-refractivity contribution in [2.75, 3.05) is 19.8 Å². The van der Waals surface area contributed by atoms with Crippen molar-refractivity contribution in [1.29, 1.82) is 0 Å². The van der Waals surface area contributed by atoms with E-state index in [1.807, 2.05) is 6.92 Å². The second-order valence-corrected chi connectivity index (χ2v) is 3.83. The lowest BCUT2D eigenvalue weighted by Gasteiger charge is -2.42. The zero-order chi connectivity index (χ0) is 10.9. The molecule has 82 valence electrons. The highest BCUT2D eigenvalue weighted by molar-refractivity contribution is 5.74. The summed E-state index contributed by atoms with van der Waals surface area (Å²) >= 11 is 0. The minimum absolute atomic E-state index is 0.0252. The van der Waals surface area contributed by atoms with E-state index >= 15 is 0 Å². The van der Waals surface area contributed by atoms with E-state index in [1.54, 1.807) is 11.8 Å². The number of nitrogens with one attached hydrogen (secondary N) is 1. The molecule has 1 fully saturated rings. The van der Waals surface area contributed by atoms with Gasteiger partial charge in [0.05, 0.1) is 13.2 Å². The van der Waals surface area contributed by atoms with Gasteiger partial charge in [0.1, 0.15) is 11.9 Å². The summed E-state index contributed by atoms with van der Waals surface area (Å²) < 4.78 is 5.41. The number of ether oxygens (including phenoxy) is 1. The molecule has 1 amide bonds. The molecule has 1 aliphatic rings. The van der Waals surface area contributed by atoms with Crippen molar-refractivity contribution in [3.63, 3.8) is 0 Å². The van der Waals surface area contributed by atoms with Gasteiger partial charge in [0, 0.05) is 13.5 Å². The maximum Gasteiger partial charge on any atom is 0.220 e. The highest BCUT2D eigenvalue weighted by Crippen LogP contribution is 2.28. The molecule has 1 unspecified atom stereocenters. The molecule has 0 aromatic carbocycles. The molecule has 2 heterocycles. The van der Waals surface area contributed by atoms with Crippen molar-refractivity contribution in [2.45, 2.75) is 19.4 Å². The number of aromatic amines is 1. The number of hydrogen-bond donors (Lipinski definition) is 1. The number of nitrogens with zero attached hydrogens (tertiary/aromatic N) is 3. The lowest BCUT2D eigenvalue weighted by molar-refractivity contribution is -0.147. The third-order valence-electron chi connectivity index (χ3n) is 2.74. The number of carbonyl (C=O) groups is 1. The summed E-state index contributed by atoms with van der Waals surface area (Å²) in [4.78, 5) is 17.4. The molecule has 1 atom stereocenters. The normalized spacial score (nSPS) is 26.7. The zero-order valence-corrected chi connectivity index (χ0v) is 8.86. The molecule has 15 heavy (non-hydrogen) atoms. The first-order valence-corrected chi connectivity index (χ1v) is 4.86. The Morgan fingerprint density at radius 1 is 1.73 bits per heavy atom. The standard InChI is InChI=1S/C9H14N4O2/c1-7(14)13-3-4-15-5-9(13,2)8-10-6-11-12-8/h6H,3-5H2,1-2H3,(H,10,11,12).